The van der Waals surface area contributed by atoms with E-state index in [2.05, 4.69) is 20.1 Å². The van der Waals surface area contributed by atoms with Crippen molar-refractivity contribution in [2.24, 2.45) is 0 Å². The number of carboxylic acid groups (broad SMARTS) is 1. The molecule has 1 aliphatic heterocycles. The first kappa shape index (κ1) is 25.7. The number of halogens is 1. The van der Waals surface area contributed by atoms with E-state index in [-0.39, 0.29) is 5.82 Å². The van der Waals surface area contributed by atoms with Crippen molar-refractivity contribution in [3.63, 3.8) is 0 Å². The number of fused-ring (bicyclic) bond motifs is 3. The molecule has 10 nitrogen and oxygen atoms in total. The fourth-order valence-corrected chi connectivity index (χ4v) is 5.03. The van der Waals surface area contributed by atoms with Crippen molar-refractivity contribution < 1.29 is 24.1 Å². The van der Waals surface area contributed by atoms with Gasteiger partial charge in [-0.25, -0.2) is 4.68 Å². The minimum atomic E-state index is -1.25. The maximum atomic E-state index is 11.8. The molecule has 0 aliphatic carbocycles. The van der Waals surface area contributed by atoms with Crippen LogP contribution in [-0.4, -0.2) is 50.1 Å². The third-order valence-corrected chi connectivity index (χ3v) is 7.12. The van der Waals surface area contributed by atoms with Gasteiger partial charge in [-0.3, -0.25) is 4.79 Å². The number of aliphatic carboxylic acids is 1. The third kappa shape index (κ3) is 4.39. The van der Waals surface area contributed by atoms with Crippen LogP contribution >= 0.6 is 11.6 Å². The van der Waals surface area contributed by atoms with Gasteiger partial charge < -0.3 is 23.9 Å². The monoisotopic (exact) mass is 537 g/mol. The van der Waals surface area contributed by atoms with Crippen molar-refractivity contribution in [1.82, 2.24) is 24.8 Å². The molecule has 0 saturated heterocycles. The van der Waals surface area contributed by atoms with E-state index in [4.69, 9.17) is 25.8 Å². The molecule has 0 amide bonds. The Balaban J connectivity index is 1.58. The lowest BCUT2D eigenvalue weighted by molar-refractivity contribution is -0.142. The Bertz CT molecular complexity index is 1480. The van der Waals surface area contributed by atoms with Crippen LogP contribution in [0.25, 0.3) is 5.69 Å². The molecule has 1 aliphatic rings. The molecule has 0 unspecified atom stereocenters. The number of rotatable bonds is 8. The fraction of sp³-hybridized carbons (Fsp3) is 0.333. The predicted molar refractivity (Wildman–Crippen MR) is 139 cm³/mol. The number of ether oxygens (including phenoxy) is 3. The van der Waals surface area contributed by atoms with E-state index in [1.54, 1.807) is 28.1 Å². The molecule has 0 radical (unpaired) electrons. The second kappa shape index (κ2) is 10.1. The van der Waals surface area contributed by atoms with E-state index in [1.807, 2.05) is 54.7 Å². The number of para-hydroxylation sites is 1. The number of benzene rings is 2. The van der Waals surface area contributed by atoms with Gasteiger partial charge in [-0.2, -0.15) is 0 Å². The van der Waals surface area contributed by atoms with E-state index in [9.17, 15) is 9.90 Å². The van der Waals surface area contributed by atoms with Gasteiger partial charge in [0.15, 0.2) is 17.3 Å². The molecule has 2 atom stereocenters. The highest BCUT2D eigenvalue weighted by atomic mass is 35.5. The van der Waals surface area contributed by atoms with Crippen LogP contribution in [0.2, 0.25) is 5.02 Å². The molecule has 198 valence electrons. The second-order valence-corrected chi connectivity index (χ2v) is 9.97. The van der Waals surface area contributed by atoms with Crippen molar-refractivity contribution in [2.45, 2.75) is 44.4 Å². The molecular weight excluding hydrogens is 510 g/mol. The maximum absolute atomic E-state index is 11.8. The molecule has 5 rings (SSSR count). The Kier molecular flexibility index (Phi) is 6.85. The normalized spacial score (nSPS) is 16.9. The van der Waals surface area contributed by atoms with E-state index in [0.717, 1.165) is 22.5 Å². The van der Waals surface area contributed by atoms with Crippen LogP contribution in [0, 0.1) is 0 Å². The minimum Gasteiger partial charge on any atom is -0.493 e. The number of methoxy groups -OCH3 is 2. The smallest absolute Gasteiger partial charge is 0.316 e. The number of aromatic nitrogens is 5. The molecule has 0 fully saturated rings. The summed E-state index contributed by atoms with van der Waals surface area (Å²) in [6.07, 6.45) is 1.52. The van der Waals surface area contributed by atoms with Gasteiger partial charge in [-0.05, 0) is 67.1 Å². The Morgan fingerprint density at radius 3 is 2.68 bits per heavy atom. The molecule has 0 spiro atoms. The van der Waals surface area contributed by atoms with Crippen molar-refractivity contribution in [2.75, 3.05) is 14.2 Å². The first-order valence-corrected chi connectivity index (χ1v) is 12.5. The summed E-state index contributed by atoms with van der Waals surface area (Å²) in [7, 11) is 3.19. The van der Waals surface area contributed by atoms with Crippen molar-refractivity contribution in [3.8, 4) is 17.2 Å². The largest absolute Gasteiger partial charge is 0.493 e. The second-order valence-electron chi connectivity index (χ2n) is 9.54. The number of tetrazole rings is 1. The standard InChI is InChI=1S/C27H28ClN5O5/c1-27(2,26(34)35)25-29-30-31-33(25)14-12-21-20-8-6-13-32(20)19-11-10-16(28)15-18(19)23(38-21)17-7-5-9-22(36-3)24(17)37-4/h5-11,13,15,21,23H,12,14H2,1-4H3,(H,34,35)/t21-,23-/m1/s1. The van der Waals surface area contributed by atoms with E-state index in [1.165, 1.54) is 4.68 Å². The lowest BCUT2D eigenvalue weighted by atomic mass is 9.93. The van der Waals surface area contributed by atoms with E-state index in [0.29, 0.717) is 29.5 Å². The van der Waals surface area contributed by atoms with Crippen LogP contribution in [0.3, 0.4) is 0 Å². The summed E-state index contributed by atoms with van der Waals surface area (Å²) in [5.74, 6) is 0.426. The third-order valence-electron chi connectivity index (χ3n) is 6.89. The zero-order chi connectivity index (χ0) is 27.0. The lowest BCUT2D eigenvalue weighted by Gasteiger charge is -2.26. The minimum absolute atomic E-state index is 0.273. The van der Waals surface area contributed by atoms with Gasteiger partial charge >= 0.3 is 5.97 Å². The lowest BCUT2D eigenvalue weighted by Crippen LogP contribution is -2.32. The van der Waals surface area contributed by atoms with Crippen molar-refractivity contribution in [3.05, 3.63) is 82.4 Å². The molecule has 0 bridgehead atoms. The van der Waals surface area contributed by atoms with Gasteiger partial charge in [0.05, 0.1) is 25.6 Å². The molecule has 2 aromatic carbocycles. The van der Waals surface area contributed by atoms with Crippen LogP contribution in [0.5, 0.6) is 11.5 Å². The molecule has 11 heteroatoms. The van der Waals surface area contributed by atoms with Crippen LogP contribution < -0.4 is 9.47 Å². The topological polar surface area (TPSA) is 114 Å². The summed E-state index contributed by atoms with van der Waals surface area (Å²) in [6.45, 7) is 3.50. The first-order valence-electron chi connectivity index (χ1n) is 12.1. The Labute approximate surface area is 224 Å². The van der Waals surface area contributed by atoms with Gasteiger partial charge in [0.25, 0.3) is 0 Å². The summed E-state index contributed by atoms with van der Waals surface area (Å²) >= 11 is 6.47. The van der Waals surface area contributed by atoms with Gasteiger partial charge in [-0.1, -0.05) is 23.7 Å². The number of carboxylic acids is 1. The number of aryl methyl sites for hydroxylation is 1. The summed E-state index contributed by atoms with van der Waals surface area (Å²) < 4.78 is 21.8. The molecule has 3 heterocycles. The van der Waals surface area contributed by atoms with E-state index >= 15 is 0 Å². The van der Waals surface area contributed by atoms with Gasteiger partial charge in [0, 0.05) is 28.9 Å². The quantitative estimate of drug-likeness (QED) is 0.342. The summed E-state index contributed by atoms with van der Waals surface area (Å²) in [5, 5.41) is 22.1. The number of hydrogen-bond donors (Lipinski definition) is 1. The van der Waals surface area contributed by atoms with Crippen LogP contribution in [0.15, 0.2) is 54.7 Å². The fourth-order valence-electron chi connectivity index (χ4n) is 4.85. The van der Waals surface area contributed by atoms with Gasteiger partial charge in [0.2, 0.25) is 0 Å². The molecule has 1 N–H and O–H groups in total. The Morgan fingerprint density at radius 1 is 1.13 bits per heavy atom. The van der Waals surface area contributed by atoms with Crippen LogP contribution in [-0.2, 0) is 21.5 Å². The maximum Gasteiger partial charge on any atom is 0.316 e. The number of carbonyl (C=O) groups is 1. The van der Waals surface area contributed by atoms with Gasteiger partial charge in [-0.15, -0.1) is 5.10 Å². The van der Waals surface area contributed by atoms with E-state index < -0.39 is 23.6 Å². The molecule has 38 heavy (non-hydrogen) atoms. The van der Waals surface area contributed by atoms with Crippen molar-refractivity contribution >= 4 is 17.6 Å². The van der Waals surface area contributed by atoms with Crippen LogP contribution in [0.1, 0.15) is 55.1 Å². The number of nitrogens with zero attached hydrogens (tertiary/aromatic N) is 5. The predicted octanol–water partition coefficient (Wildman–Crippen LogP) is 4.75. The highest BCUT2D eigenvalue weighted by molar-refractivity contribution is 6.30. The highest BCUT2D eigenvalue weighted by Gasteiger charge is 2.37. The zero-order valence-corrected chi connectivity index (χ0v) is 22.2. The Morgan fingerprint density at radius 2 is 1.95 bits per heavy atom. The van der Waals surface area contributed by atoms with Gasteiger partial charge in [0.1, 0.15) is 17.6 Å². The number of hydrogen-bond acceptors (Lipinski definition) is 7. The molecular formula is C27H28ClN5O5. The SMILES string of the molecule is COc1cccc([C@H]2O[C@H](CCn3nnnc3C(C)(C)C(=O)O)c3cccn3-c3ccc(Cl)cc32)c1OC. The highest BCUT2D eigenvalue weighted by Crippen LogP contribution is 2.46. The average Bonchev–Trinajstić information content (AvgIpc) is 3.56. The molecule has 2 aromatic heterocycles. The Hall–Kier alpha value is -3.89. The molecule has 0 saturated carbocycles. The summed E-state index contributed by atoms with van der Waals surface area (Å²) in [6, 6.07) is 15.4. The average molecular weight is 538 g/mol. The summed E-state index contributed by atoms with van der Waals surface area (Å²) in [4.78, 5) is 11.8. The van der Waals surface area contributed by atoms with Crippen molar-refractivity contribution in [1.29, 1.82) is 0 Å². The summed E-state index contributed by atoms with van der Waals surface area (Å²) in [5.41, 5.74) is 2.28. The molecule has 4 aromatic rings. The zero-order valence-electron chi connectivity index (χ0n) is 21.5. The first-order chi connectivity index (χ1) is 18.3. The van der Waals surface area contributed by atoms with Crippen LogP contribution in [0.4, 0.5) is 0 Å².